The lowest BCUT2D eigenvalue weighted by Crippen LogP contribution is -2.29. The Labute approximate surface area is 123 Å². The first-order chi connectivity index (χ1) is 9.08. The molecule has 0 fully saturated rings. The number of nitrogens with zero attached hydrogens (tertiary/aromatic N) is 1. The van der Waals surface area contributed by atoms with Gasteiger partial charge in [-0.05, 0) is 18.2 Å². The van der Waals surface area contributed by atoms with Crippen molar-refractivity contribution in [2.45, 2.75) is 6.61 Å². The van der Waals surface area contributed by atoms with Gasteiger partial charge in [0.1, 0.15) is 12.4 Å². The summed E-state index contributed by atoms with van der Waals surface area (Å²) < 4.78 is 5.49. The molecule has 3 N–H and O–H groups in total. The van der Waals surface area contributed by atoms with Crippen molar-refractivity contribution in [2.75, 3.05) is 0 Å². The molecule has 1 aromatic heterocycles. The quantitative estimate of drug-likeness (QED) is 0.516. The van der Waals surface area contributed by atoms with Gasteiger partial charge in [-0.3, -0.25) is 10.2 Å². The van der Waals surface area contributed by atoms with Gasteiger partial charge in [0.15, 0.2) is 5.01 Å². The zero-order valence-electron chi connectivity index (χ0n) is 9.52. The van der Waals surface area contributed by atoms with E-state index < -0.39 is 5.91 Å². The van der Waals surface area contributed by atoms with Crippen molar-refractivity contribution in [3.8, 4) is 5.75 Å². The second-order valence-electron chi connectivity index (χ2n) is 3.51. The first kappa shape index (κ1) is 14.1. The van der Waals surface area contributed by atoms with E-state index in [1.54, 1.807) is 23.6 Å². The van der Waals surface area contributed by atoms with E-state index in [1.807, 2.05) is 5.43 Å². The van der Waals surface area contributed by atoms with Crippen molar-refractivity contribution in [3.63, 3.8) is 0 Å². The molecule has 100 valence electrons. The molecule has 0 aliphatic heterocycles. The highest BCUT2D eigenvalue weighted by molar-refractivity contribution is 7.11. The maximum atomic E-state index is 11.2. The van der Waals surface area contributed by atoms with Crippen molar-refractivity contribution >= 4 is 40.4 Å². The van der Waals surface area contributed by atoms with Crippen molar-refractivity contribution in [3.05, 3.63) is 44.3 Å². The van der Waals surface area contributed by atoms with Gasteiger partial charge in [-0.25, -0.2) is 10.8 Å². The fraction of sp³-hybridized carbons (Fsp3) is 0.0909. The molecule has 0 spiro atoms. The van der Waals surface area contributed by atoms with Gasteiger partial charge in [0.25, 0.3) is 5.91 Å². The number of rotatable bonds is 4. The molecular formula is C11H9Cl2N3O2S. The highest BCUT2D eigenvalue weighted by Gasteiger charge is 2.10. The molecule has 1 amide bonds. The number of hydrogen-bond acceptors (Lipinski definition) is 5. The summed E-state index contributed by atoms with van der Waals surface area (Å²) in [6, 6.07) is 4.91. The standard InChI is InChI=1S/C11H9Cl2N3O2S/c12-6-1-7(13)3-9(2-6)18-4-8-5-19-11(15-8)10(17)16-14/h1-3,5H,4,14H2,(H,16,17). The number of nitrogen functional groups attached to an aromatic ring is 1. The van der Waals surface area contributed by atoms with Crippen molar-refractivity contribution in [2.24, 2.45) is 5.84 Å². The van der Waals surface area contributed by atoms with Crippen LogP contribution in [0.25, 0.3) is 0 Å². The van der Waals surface area contributed by atoms with Gasteiger partial charge in [0.05, 0.1) is 5.69 Å². The van der Waals surface area contributed by atoms with Crippen LogP contribution in [0.2, 0.25) is 10.0 Å². The molecule has 19 heavy (non-hydrogen) atoms. The summed E-state index contributed by atoms with van der Waals surface area (Å²) in [5.74, 6) is 5.13. The van der Waals surface area contributed by atoms with E-state index in [9.17, 15) is 4.79 Å². The molecule has 0 radical (unpaired) electrons. The first-order valence-electron chi connectivity index (χ1n) is 5.12. The fourth-order valence-electron chi connectivity index (χ4n) is 1.31. The SMILES string of the molecule is NNC(=O)c1nc(COc2cc(Cl)cc(Cl)c2)cs1. The molecule has 0 aliphatic rings. The first-order valence-corrected chi connectivity index (χ1v) is 6.76. The van der Waals surface area contributed by atoms with Gasteiger partial charge in [-0.1, -0.05) is 23.2 Å². The summed E-state index contributed by atoms with van der Waals surface area (Å²) in [6.45, 7) is 0.213. The van der Waals surface area contributed by atoms with Gasteiger partial charge in [-0.15, -0.1) is 11.3 Å². The second kappa shape index (κ2) is 6.21. The number of nitrogens with one attached hydrogen (secondary N) is 1. The molecule has 0 unspecified atom stereocenters. The maximum absolute atomic E-state index is 11.2. The van der Waals surface area contributed by atoms with Gasteiger partial charge in [0.2, 0.25) is 0 Å². The number of carbonyl (C=O) groups is 1. The van der Waals surface area contributed by atoms with Crippen LogP contribution in [0, 0.1) is 0 Å². The van der Waals surface area contributed by atoms with E-state index in [2.05, 4.69) is 4.98 Å². The number of ether oxygens (including phenoxy) is 1. The van der Waals surface area contributed by atoms with E-state index >= 15 is 0 Å². The lowest BCUT2D eigenvalue weighted by atomic mass is 10.3. The number of hydrogen-bond donors (Lipinski definition) is 2. The van der Waals surface area contributed by atoms with Crippen molar-refractivity contribution in [1.29, 1.82) is 0 Å². The van der Waals surface area contributed by atoms with E-state index in [0.717, 1.165) is 0 Å². The van der Waals surface area contributed by atoms with Gasteiger partial charge in [-0.2, -0.15) is 0 Å². The number of benzene rings is 1. The van der Waals surface area contributed by atoms with Crippen LogP contribution in [0.3, 0.4) is 0 Å². The normalized spacial score (nSPS) is 10.3. The molecule has 1 aromatic carbocycles. The third-order valence-corrected chi connectivity index (χ3v) is 3.43. The Hall–Kier alpha value is -1.34. The summed E-state index contributed by atoms with van der Waals surface area (Å²) in [5, 5.41) is 2.98. The zero-order chi connectivity index (χ0) is 13.8. The van der Waals surface area contributed by atoms with E-state index in [-0.39, 0.29) is 11.6 Å². The van der Waals surface area contributed by atoms with Crippen LogP contribution in [-0.4, -0.2) is 10.9 Å². The van der Waals surface area contributed by atoms with Crippen LogP contribution in [-0.2, 0) is 6.61 Å². The molecule has 8 heteroatoms. The largest absolute Gasteiger partial charge is 0.487 e. The van der Waals surface area contributed by atoms with Crippen LogP contribution < -0.4 is 16.0 Å². The number of aromatic nitrogens is 1. The molecule has 0 atom stereocenters. The lowest BCUT2D eigenvalue weighted by molar-refractivity contribution is 0.0953. The highest BCUT2D eigenvalue weighted by Crippen LogP contribution is 2.25. The summed E-state index contributed by atoms with van der Waals surface area (Å²) in [7, 11) is 0. The van der Waals surface area contributed by atoms with Crippen molar-refractivity contribution in [1.82, 2.24) is 10.4 Å². The van der Waals surface area contributed by atoms with Crippen LogP contribution in [0.15, 0.2) is 23.6 Å². The summed E-state index contributed by atoms with van der Waals surface area (Å²) in [6.07, 6.45) is 0. The van der Waals surface area contributed by atoms with E-state index in [0.29, 0.717) is 21.5 Å². The Morgan fingerprint density at radius 2 is 2.05 bits per heavy atom. The monoisotopic (exact) mass is 317 g/mol. The van der Waals surface area contributed by atoms with E-state index in [1.165, 1.54) is 11.3 Å². The molecule has 2 aromatic rings. The number of carbonyl (C=O) groups excluding carboxylic acids is 1. The Morgan fingerprint density at radius 1 is 1.37 bits per heavy atom. The van der Waals surface area contributed by atoms with Gasteiger partial charge >= 0.3 is 0 Å². The number of hydrazine groups is 1. The number of amides is 1. The Balaban J connectivity index is 2.02. The minimum absolute atomic E-state index is 0.213. The summed E-state index contributed by atoms with van der Waals surface area (Å²) in [5.41, 5.74) is 2.64. The number of nitrogens with two attached hydrogens (primary N) is 1. The van der Waals surface area contributed by atoms with Crippen LogP contribution in [0.1, 0.15) is 15.5 Å². The summed E-state index contributed by atoms with van der Waals surface area (Å²) in [4.78, 5) is 15.3. The maximum Gasteiger partial charge on any atom is 0.294 e. The predicted octanol–water partition coefficient (Wildman–Crippen LogP) is 2.63. The zero-order valence-corrected chi connectivity index (χ0v) is 11.9. The minimum atomic E-state index is -0.429. The average molecular weight is 318 g/mol. The highest BCUT2D eigenvalue weighted by atomic mass is 35.5. The molecule has 0 saturated heterocycles. The molecular weight excluding hydrogens is 309 g/mol. The van der Waals surface area contributed by atoms with Gasteiger partial charge in [0, 0.05) is 15.4 Å². The minimum Gasteiger partial charge on any atom is -0.487 e. The molecule has 5 nitrogen and oxygen atoms in total. The topological polar surface area (TPSA) is 77.2 Å². The number of thiazole rings is 1. The van der Waals surface area contributed by atoms with Gasteiger partial charge < -0.3 is 4.74 Å². The van der Waals surface area contributed by atoms with Crippen LogP contribution in [0.5, 0.6) is 5.75 Å². The van der Waals surface area contributed by atoms with Crippen molar-refractivity contribution < 1.29 is 9.53 Å². The third kappa shape index (κ3) is 3.81. The third-order valence-electron chi connectivity index (χ3n) is 2.10. The van der Waals surface area contributed by atoms with Crippen LogP contribution >= 0.6 is 34.5 Å². The second-order valence-corrected chi connectivity index (χ2v) is 5.24. The Morgan fingerprint density at radius 3 is 2.68 bits per heavy atom. The Kier molecular flexibility index (Phi) is 4.60. The fourth-order valence-corrected chi connectivity index (χ4v) is 2.52. The average Bonchev–Trinajstić information content (AvgIpc) is 2.83. The lowest BCUT2D eigenvalue weighted by Gasteiger charge is -2.05. The van der Waals surface area contributed by atoms with E-state index in [4.69, 9.17) is 33.8 Å². The number of halogens is 2. The van der Waals surface area contributed by atoms with Crippen LogP contribution in [0.4, 0.5) is 0 Å². The summed E-state index contributed by atoms with van der Waals surface area (Å²) >= 11 is 12.9. The smallest absolute Gasteiger partial charge is 0.294 e. The molecule has 0 bridgehead atoms. The molecule has 0 aliphatic carbocycles. The molecule has 0 saturated carbocycles. The Bertz CT molecular complexity index is 583. The molecule has 2 rings (SSSR count). The predicted molar refractivity (Wildman–Crippen MR) is 74.6 cm³/mol. The molecule has 1 heterocycles.